The van der Waals surface area contributed by atoms with Crippen molar-refractivity contribution in [1.29, 1.82) is 0 Å². The van der Waals surface area contributed by atoms with Crippen molar-refractivity contribution >= 4 is 35.0 Å². The Hall–Kier alpha value is -4.77. The van der Waals surface area contributed by atoms with Crippen LogP contribution in [-0.2, 0) is 9.53 Å². The van der Waals surface area contributed by atoms with E-state index in [0.29, 0.717) is 27.4 Å². The third kappa shape index (κ3) is 4.55. The number of thiazole rings is 1. The van der Waals surface area contributed by atoms with E-state index in [0.717, 1.165) is 11.3 Å². The fraction of sp³-hybridized carbons (Fsp3) is 0.148. The Morgan fingerprint density at radius 3 is 2.66 bits per heavy atom. The number of aromatic nitrogens is 1. The van der Waals surface area contributed by atoms with Crippen LogP contribution >= 0.6 is 11.3 Å². The molecule has 5 rings (SSSR count). The number of rotatable bonds is 7. The summed E-state index contributed by atoms with van der Waals surface area (Å²) >= 11 is 1.09. The molecule has 4 aromatic rings. The third-order valence-corrected chi connectivity index (χ3v) is 6.83. The van der Waals surface area contributed by atoms with Gasteiger partial charge in [0.2, 0.25) is 0 Å². The van der Waals surface area contributed by atoms with Crippen LogP contribution in [0.15, 0.2) is 86.5 Å². The molecule has 1 aliphatic rings. The van der Waals surface area contributed by atoms with Crippen LogP contribution in [0.25, 0.3) is 11.8 Å². The van der Waals surface area contributed by atoms with Gasteiger partial charge in [0, 0.05) is 11.6 Å². The molecule has 2 aromatic heterocycles. The van der Waals surface area contributed by atoms with Gasteiger partial charge >= 0.3 is 11.9 Å². The summed E-state index contributed by atoms with van der Waals surface area (Å²) in [6, 6.07) is 18.0. The van der Waals surface area contributed by atoms with E-state index in [1.807, 2.05) is 30.3 Å². The molecule has 0 saturated heterocycles. The topological polar surface area (TPSA) is 126 Å². The lowest BCUT2D eigenvalue weighted by Gasteiger charge is -2.26. The minimum absolute atomic E-state index is 0.136. The van der Waals surface area contributed by atoms with Crippen molar-refractivity contribution in [2.75, 3.05) is 13.7 Å². The molecular weight excluding hydrogens is 510 g/mol. The highest BCUT2D eigenvalue weighted by Crippen LogP contribution is 2.36. The molecule has 11 heteroatoms. The molecule has 0 aliphatic carbocycles. The largest absolute Gasteiger partial charge is 0.497 e. The lowest BCUT2D eigenvalue weighted by Crippen LogP contribution is -2.40. The summed E-state index contributed by atoms with van der Waals surface area (Å²) in [5, 5.41) is 11.0. The molecule has 0 saturated carbocycles. The SMILES string of the molecule is CCOC(=O)C1=C(c2ccccc2)N=c2s/c(=C\c3ccc([N+](=O)[O-])o3)c(=O)n2[C@H]1c1cccc(OC)c1. The second-order valence-electron chi connectivity index (χ2n) is 8.14. The number of benzene rings is 2. The Morgan fingerprint density at radius 2 is 1.97 bits per heavy atom. The molecule has 1 aliphatic heterocycles. The van der Waals surface area contributed by atoms with Crippen LogP contribution in [-0.4, -0.2) is 29.2 Å². The van der Waals surface area contributed by atoms with E-state index in [2.05, 4.69) is 0 Å². The summed E-state index contributed by atoms with van der Waals surface area (Å²) in [5.74, 6) is -0.338. The maximum Gasteiger partial charge on any atom is 0.433 e. The summed E-state index contributed by atoms with van der Waals surface area (Å²) < 4.78 is 17.7. The van der Waals surface area contributed by atoms with Gasteiger partial charge in [-0.3, -0.25) is 19.5 Å². The maximum absolute atomic E-state index is 13.8. The van der Waals surface area contributed by atoms with Crippen LogP contribution in [0.5, 0.6) is 5.75 Å². The van der Waals surface area contributed by atoms with E-state index < -0.39 is 28.4 Å². The van der Waals surface area contributed by atoms with E-state index in [1.54, 1.807) is 31.2 Å². The smallest absolute Gasteiger partial charge is 0.433 e. The maximum atomic E-state index is 13.8. The molecule has 1 atom stereocenters. The molecule has 2 aromatic carbocycles. The summed E-state index contributed by atoms with van der Waals surface area (Å²) in [5.41, 5.74) is 1.46. The van der Waals surface area contributed by atoms with Crippen LogP contribution in [0, 0.1) is 10.1 Å². The van der Waals surface area contributed by atoms with Gasteiger partial charge in [0.25, 0.3) is 5.56 Å². The standard InChI is InChI=1S/C27H21N3O7S/c1-3-36-26(32)22-23(16-8-5-4-6-9-16)28-27-29(24(22)17-10-7-11-18(14-17)35-2)25(31)20(38-27)15-19-12-13-21(37-19)30(33)34/h4-15,24H,3H2,1-2H3/b20-15-/t24-/m0/s1. The van der Waals surface area contributed by atoms with Crippen molar-refractivity contribution in [3.05, 3.63) is 119 Å². The molecule has 0 amide bonds. The summed E-state index contributed by atoms with van der Waals surface area (Å²) in [7, 11) is 1.53. The van der Waals surface area contributed by atoms with E-state index >= 15 is 0 Å². The lowest BCUT2D eigenvalue weighted by molar-refractivity contribution is -0.402. The number of furan rings is 1. The summed E-state index contributed by atoms with van der Waals surface area (Å²) in [6.45, 7) is 1.84. The number of ether oxygens (including phenoxy) is 2. The zero-order chi connectivity index (χ0) is 26.8. The number of methoxy groups -OCH3 is 1. The highest BCUT2D eigenvalue weighted by molar-refractivity contribution is 7.07. The van der Waals surface area contributed by atoms with E-state index in [9.17, 15) is 19.7 Å². The normalized spacial score (nSPS) is 15.1. The number of nitro groups is 1. The fourth-order valence-electron chi connectivity index (χ4n) is 4.21. The third-order valence-electron chi connectivity index (χ3n) is 5.85. The van der Waals surface area contributed by atoms with Gasteiger partial charge in [-0.05, 0) is 30.7 Å². The first-order chi connectivity index (χ1) is 18.4. The van der Waals surface area contributed by atoms with Gasteiger partial charge in [0.1, 0.15) is 16.4 Å². The highest BCUT2D eigenvalue weighted by atomic mass is 32.1. The Balaban J connectivity index is 1.82. The molecule has 192 valence electrons. The molecular formula is C27H21N3O7S. The number of carbonyl (C=O) groups is 1. The van der Waals surface area contributed by atoms with Crippen molar-refractivity contribution in [2.45, 2.75) is 13.0 Å². The highest BCUT2D eigenvalue weighted by Gasteiger charge is 2.35. The minimum Gasteiger partial charge on any atom is -0.497 e. The molecule has 0 radical (unpaired) electrons. The Kier molecular flexibility index (Phi) is 6.75. The summed E-state index contributed by atoms with van der Waals surface area (Å²) in [4.78, 5) is 42.7. The second kappa shape index (κ2) is 10.3. The second-order valence-corrected chi connectivity index (χ2v) is 9.15. The van der Waals surface area contributed by atoms with Crippen molar-refractivity contribution < 1.29 is 23.6 Å². The fourth-order valence-corrected chi connectivity index (χ4v) is 5.20. The Bertz CT molecular complexity index is 1750. The number of esters is 1. The average molecular weight is 532 g/mol. The number of carbonyl (C=O) groups excluding carboxylic acids is 1. The van der Waals surface area contributed by atoms with Crippen molar-refractivity contribution in [2.24, 2.45) is 4.99 Å². The molecule has 10 nitrogen and oxygen atoms in total. The minimum atomic E-state index is -0.872. The Labute approximate surface area is 219 Å². The van der Waals surface area contributed by atoms with Crippen molar-refractivity contribution in [3.8, 4) is 5.75 Å². The molecule has 0 spiro atoms. The van der Waals surface area contributed by atoms with Gasteiger partial charge in [-0.15, -0.1) is 0 Å². The number of nitrogens with zero attached hydrogens (tertiary/aromatic N) is 3. The van der Waals surface area contributed by atoms with Crippen molar-refractivity contribution in [3.63, 3.8) is 0 Å². The van der Waals surface area contributed by atoms with Crippen LogP contribution in [0.3, 0.4) is 0 Å². The lowest BCUT2D eigenvalue weighted by atomic mass is 9.93. The molecule has 0 fully saturated rings. The molecule has 0 N–H and O–H groups in total. The van der Waals surface area contributed by atoms with E-state index in [4.69, 9.17) is 18.9 Å². The van der Waals surface area contributed by atoms with Crippen LogP contribution in [0.1, 0.15) is 29.9 Å². The number of hydrogen-bond donors (Lipinski definition) is 0. The first kappa shape index (κ1) is 24.9. The van der Waals surface area contributed by atoms with E-state index in [1.165, 1.54) is 29.9 Å². The van der Waals surface area contributed by atoms with Crippen LogP contribution < -0.4 is 19.6 Å². The molecule has 38 heavy (non-hydrogen) atoms. The number of hydrogen-bond acceptors (Lipinski definition) is 9. The summed E-state index contributed by atoms with van der Waals surface area (Å²) in [6.07, 6.45) is 1.43. The first-order valence-electron chi connectivity index (χ1n) is 11.6. The van der Waals surface area contributed by atoms with Gasteiger partial charge in [-0.1, -0.05) is 53.8 Å². The van der Waals surface area contributed by atoms with Gasteiger partial charge in [0.05, 0.1) is 41.6 Å². The van der Waals surface area contributed by atoms with Gasteiger partial charge in [0.15, 0.2) is 4.80 Å². The quantitative estimate of drug-likeness (QED) is 0.203. The van der Waals surface area contributed by atoms with Crippen molar-refractivity contribution in [1.82, 2.24) is 4.57 Å². The predicted octanol–water partition coefficient (Wildman–Crippen LogP) is 3.45. The zero-order valence-electron chi connectivity index (χ0n) is 20.3. The monoisotopic (exact) mass is 531 g/mol. The van der Waals surface area contributed by atoms with Gasteiger partial charge in [-0.25, -0.2) is 9.79 Å². The van der Waals surface area contributed by atoms with Gasteiger partial charge in [-0.2, -0.15) is 0 Å². The molecule has 0 unspecified atom stereocenters. The Morgan fingerprint density at radius 1 is 1.18 bits per heavy atom. The van der Waals surface area contributed by atoms with Gasteiger partial charge < -0.3 is 13.9 Å². The van der Waals surface area contributed by atoms with Crippen LogP contribution in [0.2, 0.25) is 0 Å². The predicted molar refractivity (Wildman–Crippen MR) is 139 cm³/mol. The molecule has 3 heterocycles. The number of fused-ring (bicyclic) bond motifs is 1. The molecule has 0 bridgehead atoms. The van der Waals surface area contributed by atoms with Crippen LogP contribution in [0.4, 0.5) is 5.88 Å². The van der Waals surface area contributed by atoms with E-state index in [-0.39, 0.29) is 22.5 Å². The average Bonchev–Trinajstić information content (AvgIpc) is 3.53. The zero-order valence-corrected chi connectivity index (χ0v) is 21.1. The first-order valence-corrected chi connectivity index (χ1v) is 12.4.